The van der Waals surface area contributed by atoms with Gasteiger partial charge in [-0.1, -0.05) is 37.6 Å². The molecule has 0 saturated carbocycles. The van der Waals surface area contributed by atoms with Gasteiger partial charge in [0.1, 0.15) is 12.4 Å². The molecule has 0 spiro atoms. The number of benzene rings is 2. The third kappa shape index (κ3) is 6.01. The molecule has 3 rings (SSSR count). The van der Waals surface area contributed by atoms with Crippen LogP contribution in [-0.2, 0) is 0 Å². The van der Waals surface area contributed by atoms with E-state index < -0.39 is 0 Å². The molecule has 0 fully saturated rings. The van der Waals surface area contributed by atoms with Crippen molar-refractivity contribution < 1.29 is 14.3 Å². The fourth-order valence-corrected chi connectivity index (χ4v) is 4.06. The number of carbonyl (C=O) groups is 2. The van der Waals surface area contributed by atoms with E-state index in [-0.39, 0.29) is 17.9 Å². The summed E-state index contributed by atoms with van der Waals surface area (Å²) in [7, 11) is 1.81. The Morgan fingerprint density at radius 3 is 2.48 bits per heavy atom. The van der Waals surface area contributed by atoms with Crippen molar-refractivity contribution in [3.8, 4) is 5.75 Å². The average Bonchev–Trinajstić information content (AvgIpc) is 2.75. The summed E-state index contributed by atoms with van der Waals surface area (Å²) in [4.78, 5) is 30.0. The SMILES string of the molecule is CC(C)C[C@H]1COc2ccccc2C(=O)N(C)CCCCN1C(=O)c1ccc(Cl)cc1. The van der Waals surface area contributed by atoms with Crippen molar-refractivity contribution in [3.63, 3.8) is 0 Å². The zero-order valence-corrected chi connectivity index (χ0v) is 19.3. The minimum atomic E-state index is -0.0940. The maximum atomic E-state index is 13.4. The summed E-state index contributed by atoms with van der Waals surface area (Å²) in [5.74, 6) is 0.906. The molecule has 2 amide bonds. The highest BCUT2D eigenvalue weighted by Crippen LogP contribution is 2.24. The Labute approximate surface area is 189 Å². The largest absolute Gasteiger partial charge is 0.491 e. The molecule has 0 saturated heterocycles. The zero-order valence-electron chi connectivity index (χ0n) is 18.5. The van der Waals surface area contributed by atoms with Crippen LogP contribution in [0.15, 0.2) is 48.5 Å². The van der Waals surface area contributed by atoms with Crippen LogP contribution in [-0.4, -0.2) is 54.4 Å². The van der Waals surface area contributed by atoms with E-state index in [9.17, 15) is 9.59 Å². The van der Waals surface area contributed by atoms with Gasteiger partial charge in [-0.2, -0.15) is 0 Å². The minimum Gasteiger partial charge on any atom is -0.491 e. The number of ether oxygens (including phenoxy) is 1. The molecule has 0 N–H and O–H groups in total. The van der Waals surface area contributed by atoms with Crippen molar-refractivity contribution in [2.75, 3.05) is 26.7 Å². The van der Waals surface area contributed by atoms with Crippen molar-refractivity contribution in [2.45, 2.75) is 39.2 Å². The first-order chi connectivity index (χ1) is 14.9. The standard InChI is InChI=1S/C25H31ClN2O3/c1-18(2)16-21-17-31-23-9-5-4-8-22(23)25(30)27(3)14-6-7-15-28(21)24(29)19-10-12-20(26)13-11-19/h4-5,8-13,18,21H,6-7,14-17H2,1-3H3/t21-/m0/s1. The molecule has 0 aromatic heterocycles. The summed E-state index contributed by atoms with van der Waals surface area (Å²) in [6, 6.07) is 14.3. The van der Waals surface area contributed by atoms with Crippen LogP contribution >= 0.6 is 11.6 Å². The molecule has 0 bridgehead atoms. The highest BCUT2D eigenvalue weighted by Gasteiger charge is 2.27. The average molecular weight is 443 g/mol. The minimum absolute atomic E-state index is 0.0132. The third-order valence-electron chi connectivity index (χ3n) is 5.57. The monoisotopic (exact) mass is 442 g/mol. The lowest BCUT2D eigenvalue weighted by Crippen LogP contribution is -2.45. The van der Waals surface area contributed by atoms with Crippen LogP contribution in [0.3, 0.4) is 0 Å². The molecule has 1 aliphatic heterocycles. The predicted molar refractivity (Wildman–Crippen MR) is 124 cm³/mol. The van der Waals surface area contributed by atoms with E-state index in [4.69, 9.17) is 16.3 Å². The quantitative estimate of drug-likeness (QED) is 0.661. The van der Waals surface area contributed by atoms with Gasteiger partial charge in [0.25, 0.3) is 11.8 Å². The Balaban J connectivity index is 1.93. The van der Waals surface area contributed by atoms with E-state index in [1.807, 2.05) is 30.1 Å². The molecule has 0 radical (unpaired) electrons. The third-order valence-corrected chi connectivity index (χ3v) is 5.83. The maximum absolute atomic E-state index is 13.4. The van der Waals surface area contributed by atoms with Crippen LogP contribution in [0.25, 0.3) is 0 Å². The summed E-state index contributed by atoms with van der Waals surface area (Å²) in [6.45, 7) is 5.88. The van der Waals surface area contributed by atoms with E-state index in [1.165, 1.54) is 0 Å². The van der Waals surface area contributed by atoms with Crippen LogP contribution in [0.4, 0.5) is 0 Å². The van der Waals surface area contributed by atoms with E-state index in [1.54, 1.807) is 35.2 Å². The molecule has 0 unspecified atom stereocenters. The Hall–Kier alpha value is -2.53. The van der Waals surface area contributed by atoms with Gasteiger partial charge < -0.3 is 14.5 Å². The molecule has 31 heavy (non-hydrogen) atoms. The van der Waals surface area contributed by atoms with E-state index in [2.05, 4.69) is 13.8 Å². The van der Waals surface area contributed by atoms with Crippen LogP contribution in [0.1, 0.15) is 53.8 Å². The van der Waals surface area contributed by atoms with Gasteiger partial charge in [0.2, 0.25) is 0 Å². The fraction of sp³-hybridized carbons (Fsp3) is 0.440. The second kappa shape index (κ2) is 10.7. The van der Waals surface area contributed by atoms with Crippen molar-refractivity contribution in [1.82, 2.24) is 9.80 Å². The molecular formula is C25H31ClN2O3. The Morgan fingerprint density at radius 1 is 1.10 bits per heavy atom. The fourth-order valence-electron chi connectivity index (χ4n) is 3.93. The Morgan fingerprint density at radius 2 is 1.77 bits per heavy atom. The van der Waals surface area contributed by atoms with E-state index in [0.29, 0.717) is 47.5 Å². The molecule has 5 nitrogen and oxygen atoms in total. The highest BCUT2D eigenvalue weighted by atomic mass is 35.5. The summed E-state index contributed by atoms with van der Waals surface area (Å²) >= 11 is 6.02. The number of hydrogen-bond donors (Lipinski definition) is 0. The van der Waals surface area contributed by atoms with Crippen LogP contribution < -0.4 is 4.74 Å². The molecule has 0 aliphatic carbocycles. The number of nitrogens with zero attached hydrogens (tertiary/aromatic N) is 2. The number of amides is 2. The van der Waals surface area contributed by atoms with Crippen LogP contribution in [0, 0.1) is 5.92 Å². The topological polar surface area (TPSA) is 49.9 Å². The van der Waals surface area contributed by atoms with Gasteiger partial charge in [0, 0.05) is 30.7 Å². The lowest BCUT2D eigenvalue weighted by Gasteiger charge is -2.34. The van der Waals surface area contributed by atoms with Crippen molar-refractivity contribution in [3.05, 3.63) is 64.7 Å². The number of carbonyl (C=O) groups excluding carboxylic acids is 2. The number of fused-ring (bicyclic) bond motifs is 1. The summed E-state index contributed by atoms with van der Waals surface area (Å²) in [5, 5.41) is 0.608. The van der Waals surface area contributed by atoms with Crippen molar-refractivity contribution in [2.24, 2.45) is 5.92 Å². The van der Waals surface area contributed by atoms with Gasteiger partial charge in [0.05, 0.1) is 11.6 Å². The van der Waals surface area contributed by atoms with Gasteiger partial charge >= 0.3 is 0 Å². The molecule has 2 aromatic rings. The zero-order chi connectivity index (χ0) is 22.4. The number of halogens is 1. The highest BCUT2D eigenvalue weighted by molar-refractivity contribution is 6.30. The number of rotatable bonds is 3. The van der Waals surface area contributed by atoms with E-state index in [0.717, 1.165) is 19.3 Å². The van der Waals surface area contributed by atoms with Crippen molar-refractivity contribution in [1.29, 1.82) is 0 Å². The molecule has 1 aliphatic rings. The van der Waals surface area contributed by atoms with Crippen LogP contribution in [0.5, 0.6) is 5.75 Å². The first-order valence-electron chi connectivity index (χ1n) is 10.9. The van der Waals surface area contributed by atoms with Gasteiger partial charge in [-0.05, 0) is 61.6 Å². The molecule has 1 heterocycles. The molecule has 6 heteroatoms. The Bertz CT molecular complexity index is 898. The van der Waals surface area contributed by atoms with Gasteiger partial charge in [0.15, 0.2) is 0 Å². The first-order valence-corrected chi connectivity index (χ1v) is 11.3. The summed E-state index contributed by atoms with van der Waals surface area (Å²) in [6.07, 6.45) is 2.45. The lowest BCUT2D eigenvalue weighted by atomic mass is 10.0. The summed E-state index contributed by atoms with van der Waals surface area (Å²) in [5.41, 5.74) is 1.18. The molecule has 166 valence electrons. The second-order valence-electron chi connectivity index (χ2n) is 8.53. The van der Waals surface area contributed by atoms with Gasteiger partial charge in [-0.3, -0.25) is 9.59 Å². The normalized spacial score (nSPS) is 18.1. The smallest absolute Gasteiger partial charge is 0.257 e. The molecule has 1 atom stereocenters. The van der Waals surface area contributed by atoms with E-state index >= 15 is 0 Å². The van der Waals surface area contributed by atoms with Crippen molar-refractivity contribution >= 4 is 23.4 Å². The van der Waals surface area contributed by atoms with Gasteiger partial charge in [-0.15, -0.1) is 0 Å². The number of para-hydroxylation sites is 1. The first kappa shape index (κ1) is 23.1. The van der Waals surface area contributed by atoms with Gasteiger partial charge in [-0.25, -0.2) is 0 Å². The van der Waals surface area contributed by atoms with Crippen LogP contribution in [0.2, 0.25) is 5.02 Å². The summed E-state index contributed by atoms with van der Waals surface area (Å²) < 4.78 is 6.17. The predicted octanol–water partition coefficient (Wildman–Crippen LogP) is 5.14. The maximum Gasteiger partial charge on any atom is 0.257 e. The number of hydrogen-bond acceptors (Lipinski definition) is 3. The molecular weight excluding hydrogens is 412 g/mol. The second-order valence-corrected chi connectivity index (χ2v) is 8.97. The molecule has 2 aromatic carbocycles. The Kier molecular flexibility index (Phi) is 7.97. The lowest BCUT2D eigenvalue weighted by molar-refractivity contribution is 0.0559.